The van der Waals surface area contributed by atoms with Crippen molar-refractivity contribution in [3.05, 3.63) is 34.3 Å². The molecule has 80 valence electrons. The van der Waals surface area contributed by atoms with Crippen LogP contribution in [0.25, 0.3) is 0 Å². The van der Waals surface area contributed by atoms with Gasteiger partial charge in [0.2, 0.25) is 0 Å². The molecule has 0 aliphatic rings. The second-order valence-corrected chi connectivity index (χ2v) is 3.48. The van der Waals surface area contributed by atoms with Crippen molar-refractivity contribution in [1.82, 2.24) is 0 Å². The zero-order chi connectivity index (χ0) is 11.4. The maximum atomic E-state index is 11.1. The van der Waals surface area contributed by atoms with Crippen LogP contribution < -0.4 is 5.73 Å². The highest BCUT2D eigenvalue weighted by atomic mass is 35.5. The summed E-state index contributed by atoms with van der Waals surface area (Å²) < 4.78 is 4.21. The molecule has 0 radical (unpaired) electrons. The van der Waals surface area contributed by atoms with Crippen LogP contribution in [-0.4, -0.2) is 12.1 Å². The molecular weight excluding hydrogens is 218 g/mol. The molecule has 1 aromatic carbocycles. The summed E-state index contributed by atoms with van der Waals surface area (Å²) in [6.45, 7) is 1.84. The van der Waals surface area contributed by atoms with Gasteiger partial charge in [-0.1, -0.05) is 17.7 Å². The Hall–Kier alpha value is -1.55. The van der Waals surface area contributed by atoms with Crippen molar-refractivity contribution < 1.29 is 14.3 Å². The SMILES string of the molecule is Cc1ccc(Cl)cc1CC(=O)OC(N)=O. The van der Waals surface area contributed by atoms with Crippen LogP contribution in [0.4, 0.5) is 4.79 Å². The van der Waals surface area contributed by atoms with Gasteiger partial charge in [0.25, 0.3) is 0 Å². The number of benzene rings is 1. The maximum absolute atomic E-state index is 11.1. The molecule has 0 unspecified atom stereocenters. The highest BCUT2D eigenvalue weighted by Gasteiger charge is 2.10. The van der Waals surface area contributed by atoms with E-state index in [2.05, 4.69) is 4.74 Å². The van der Waals surface area contributed by atoms with Gasteiger partial charge in [0.15, 0.2) is 0 Å². The third-order valence-electron chi connectivity index (χ3n) is 1.86. The van der Waals surface area contributed by atoms with Crippen LogP contribution in [0, 0.1) is 6.92 Å². The number of carbonyl (C=O) groups excluding carboxylic acids is 2. The first-order chi connectivity index (χ1) is 6.99. The number of carbonyl (C=O) groups is 2. The highest BCUT2D eigenvalue weighted by molar-refractivity contribution is 6.30. The Kier molecular flexibility index (Phi) is 3.68. The van der Waals surface area contributed by atoms with E-state index in [1.165, 1.54) is 0 Å². The van der Waals surface area contributed by atoms with E-state index in [1.54, 1.807) is 18.2 Å². The van der Waals surface area contributed by atoms with Crippen molar-refractivity contribution in [3.8, 4) is 0 Å². The van der Waals surface area contributed by atoms with E-state index in [-0.39, 0.29) is 6.42 Å². The summed E-state index contributed by atoms with van der Waals surface area (Å²) in [5.41, 5.74) is 6.33. The largest absolute Gasteiger partial charge is 0.412 e. The Morgan fingerprint density at radius 3 is 2.73 bits per heavy atom. The van der Waals surface area contributed by atoms with Gasteiger partial charge in [-0.25, -0.2) is 4.79 Å². The van der Waals surface area contributed by atoms with Gasteiger partial charge in [-0.15, -0.1) is 0 Å². The zero-order valence-corrected chi connectivity index (χ0v) is 8.88. The predicted molar refractivity (Wildman–Crippen MR) is 55.6 cm³/mol. The van der Waals surface area contributed by atoms with Gasteiger partial charge in [0.1, 0.15) is 0 Å². The number of halogens is 1. The van der Waals surface area contributed by atoms with Crippen LogP contribution in [0.3, 0.4) is 0 Å². The molecule has 0 spiro atoms. The van der Waals surface area contributed by atoms with Gasteiger partial charge >= 0.3 is 12.1 Å². The van der Waals surface area contributed by atoms with Crippen molar-refractivity contribution in [2.75, 3.05) is 0 Å². The summed E-state index contributed by atoms with van der Waals surface area (Å²) in [6.07, 6.45) is -1.12. The number of ether oxygens (including phenoxy) is 1. The van der Waals surface area contributed by atoms with Crippen LogP contribution in [0.5, 0.6) is 0 Å². The molecule has 4 nitrogen and oxygen atoms in total. The van der Waals surface area contributed by atoms with Crippen molar-refractivity contribution in [1.29, 1.82) is 0 Å². The summed E-state index contributed by atoms with van der Waals surface area (Å²) in [5.74, 6) is -0.687. The molecule has 1 aromatic rings. The van der Waals surface area contributed by atoms with Gasteiger partial charge in [0.05, 0.1) is 6.42 Å². The molecule has 0 fully saturated rings. The molecular formula is C10H10ClNO3. The van der Waals surface area contributed by atoms with Crippen LogP contribution in [0.1, 0.15) is 11.1 Å². The smallest absolute Gasteiger partial charge is 0.376 e. The number of nitrogens with two attached hydrogens (primary N) is 1. The molecule has 1 amide bonds. The summed E-state index contributed by atoms with van der Waals surface area (Å²) in [6, 6.07) is 5.16. The Balaban J connectivity index is 2.76. The topological polar surface area (TPSA) is 69.4 Å². The standard InChI is InChI=1S/C10H10ClNO3/c1-6-2-3-8(11)4-7(6)5-9(13)15-10(12)14/h2-4H,5H2,1H3,(H2,12,14). The van der Waals surface area contributed by atoms with E-state index in [1.807, 2.05) is 6.92 Å². The van der Waals surface area contributed by atoms with Crippen LogP contribution in [0.2, 0.25) is 5.02 Å². The lowest BCUT2D eigenvalue weighted by Crippen LogP contribution is -2.20. The minimum atomic E-state index is -1.10. The van der Waals surface area contributed by atoms with Gasteiger partial charge in [-0.05, 0) is 30.2 Å². The quantitative estimate of drug-likeness (QED) is 0.619. The Morgan fingerprint density at radius 2 is 2.13 bits per heavy atom. The number of aryl methyl sites for hydroxylation is 1. The lowest BCUT2D eigenvalue weighted by molar-refractivity contribution is -0.136. The molecule has 1 rings (SSSR count). The van der Waals surface area contributed by atoms with Gasteiger partial charge < -0.3 is 10.5 Å². The predicted octanol–water partition coefficient (Wildman–Crippen LogP) is 1.81. The molecule has 0 aliphatic carbocycles. The molecule has 15 heavy (non-hydrogen) atoms. The second kappa shape index (κ2) is 4.79. The Labute approximate surface area is 92.0 Å². The number of hydrogen-bond acceptors (Lipinski definition) is 3. The van der Waals surface area contributed by atoms with Crippen molar-refractivity contribution >= 4 is 23.7 Å². The first-order valence-electron chi connectivity index (χ1n) is 4.24. The van der Waals surface area contributed by atoms with Crippen LogP contribution in [-0.2, 0) is 16.0 Å². The monoisotopic (exact) mass is 227 g/mol. The van der Waals surface area contributed by atoms with Gasteiger partial charge in [-0.3, -0.25) is 4.79 Å². The van der Waals surface area contributed by atoms with Crippen LogP contribution >= 0.6 is 11.6 Å². The van der Waals surface area contributed by atoms with Crippen molar-refractivity contribution in [3.63, 3.8) is 0 Å². The molecule has 0 bridgehead atoms. The normalized spacial score (nSPS) is 9.73. The molecule has 2 N–H and O–H groups in total. The number of rotatable bonds is 2. The molecule has 0 atom stereocenters. The minimum Gasteiger partial charge on any atom is -0.376 e. The van der Waals surface area contributed by atoms with E-state index in [4.69, 9.17) is 17.3 Å². The molecule has 5 heteroatoms. The number of esters is 1. The first-order valence-corrected chi connectivity index (χ1v) is 4.62. The van der Waals surface area contributed by atoms with Gasteiger partial charge in [0, 0.05) is 5.02 Å². The molecule has 0 aliphatic heterocycles. The zero-order valence-electron chi connectivity index (χ0n) is 8.12. The average Bonchev–Trinajstić information content (AvgIpc) is 2.10. The van der Waals surface area contributed by atoms with E-state index in [0.717, 1.165) is 5.56 Å². The number of primary amides is 1. The highest BCUT2D eigenvalue weighted by Crippen LogP contribution is 2.16. The Bertz CT molecular complexity index is 404. The summed E-state index contributed by atoms with van der Waals surface area (Å²) in [5, 5.41) is 0.530. The van der Waals surface area contributed by atoms with E-state index < -0.39 is 12.1 Å². The Morgan fingerprint density at radius 1 is 1.47 bits per heavy atom. The molecule has 0 heterocycles. The molecule has 0 aromatic heterocycles. The van der Waals surface area contributed by atoms with E-state index in [0.29, 0.717) is 10.6 Å². The first kappa shape index (κ1) is 11.5. The van der Waals surface area contributed by atoms with E-state index >= 15 is 0 Å². The minimum absolute atomic E-state index is 0.0185. The fourth-order valence-corrected chi connectivity index (χ4v) is 1.33. The van der Waals surface area contributed by atoms with Crippen molar-refractivity contribution in [2.24, 2.45) is 5.73 Å². The number of amides is 1. The summed E-state index contributed by atoms with van der Waals surface area (Å²) in [7, 11) is 0. The lowest BCUT2D eigenvalue weighted by Gasteiger charge is -2.04. The average molecular weight is 228 g/mol. The molecule has 0 saturated heterocycles. The maximum Gasteiger partial charge on any atom is 0.412 e. The lowest BCUT2D eigenvalue weighted by atomic mass is 10.1. The third kappa shape index (κ3) is 3.59. The van der Waals surface area contributed by atoms with Crippen molar-refractivity contribution in [2.45, 2.75) is 13.3 Å². The summed E-state index contributed by atoms with van der Waals surface area (Å²) in [4.78, 5) is 21.4. The fourth-order valence-electron chi connectivity index (χ4n) is 1.13. The van der Waals surface area contributed by atoms with Crippen LogP contribution in [0.15, 0.2) is 18.2 Å². The second-order valence-electron chi connectivity index (χ2n) is 3.04. The van der Waals surface area contributed by atoms with Gasteiger partial charge in [-0.2, -0.15) is 0 Å². The molecule has 0 saturated carbocycles. The number of hydrogen-bond donors (Lipinski definition) is 1. The third-order valence-corrected chi connectivity index (χ3v) is 2.10. The summed E-state index contributed by atoms with van der Waals surface area (Å²) >= 11 is 5.76. The fraction of sp³-hybridized carbons (Fsp3) is 0.200. The van der Waals surface area contributed by atoms with E-state index in [9.17, 15) is 9.59 Å².